The third-order valence-electron chi connectivity index (χ3n) is 1.19. The predicted molar refractivity (Wildman–Crippen MR) is 54.6 cm³/mol. The molecule has 0 N–H and O–H groups in total. The van der Waals surface area contributed by atoms with Crippen LogP contribution in [0.2, 0.25) is 0 Å². The van der Waals surface area contributed by atoms with Crippen LogP contribution in [0.4, 0.5) is 0 Å². The molecule has 1 aromatic rings. The number of thioether (sulfide) groups is 1. The summed E-state index contributed by atoms with van der Waals surface area (Å²) in [7, 11) is 0. The van der Waals surface area contributed by atoms with Crippen molar-refractivity contribution in [1.29, 1.82) is 5.26 Å². The summed E-state index contributed by atoms with van der Waals surface area (Å²) in [5.41, 5.74) is 0.545. The van der Waals surface area contributed by atoms with Gasteiger partial charge in [-0.15, -0.1) is 11.8 Å². The summed E-state index contributed by atoms with van der Waals surface area (Å²) in [5.74, 6) is 0.702. The number of rotatable bonds is 1. The SMILES string of the molecule is CC.CSc1nc(C)ncc1C#N. The van der Waals surface area contributed by atoms with Gasteiger partial charge in [0, 0.05) is 6.20 Å². The van der Waals surface area contributed by atoms with Crippen LogP contribution in [0.25, 0.3) is 0 Å². The van der Waals surface area contributed by atoms with E-state index >= 15 is 0 Å². The van der Waals surface area contributed by atoms with Crippen LogP contribution < -0.4 is 0 Å². The van der Waals surface area contributed by atoms with Crippen molar-refractivity contribution in [3.8, 4) is 6.07 Å². The van der Waals surface area contributed by atoms with Crippen molar-refractivity contribution in [1.82, 2.24) is 9.97 Å². The maximum Gasteiger partial charge on any atom is 0.126 e. The van der Waals surface area contributed by atoms with Gasteiger partial charge in [0.1, 0.15) is 22.5 Å². The zero-order chi connectivity index (χ0) is 10.3. The van der Waals surface area contributed by atoms with E-state index in [0.717, 1.165) is 5.03 Å². The Labute approximate surface area is 83.2 Å². The molecule has 0 radical (unpaired) electrons. The minimum absolute atomic E-state index is 0.545. The molecule has 0 bridgehead atoms. The zero-order valence-corrected chi connectivity index (χ0v) is 9.14. The molecule has 0 amide bonds. The lowest BCUT2D eigenvalue weighted by atomic mass is 10.4. The van der Waals surface area contributed by atoms with Gasteiger partial charge in [-0.1, -0.05) is 13.8 Å². The van der Waals surface area contributed by atoms with Crippen LogP contribution in [0.3, 0.4) is 0 Å². The third kappa shape index (κ3) is 3.43. The fourth-order valence-corrected chi connectivity index (χ4v) is 1.22. The minimum atomic E-state index is 0.545. The lowest BCUT2D eigenvalue weighted by Crippen LogP contribution is -1.92. The van der Waals surface area contributed by atoms with Crippen LogP contribution >= 0.6 is 11.8 Å². The summed E-state index contributed by atoms with van der Waals surface area (Å²) in [6.07, 6.45) is 3.44. The molecule has 70 valence electrons. The fourth-order valence-electron chi connectivity index (χ4n) is 0.682. The number of nitrogens with zero attached hydrogens (tertiary/aromatic N) is 3. The van der Waals surface area contributed by atoms with Crippen molar-refractivity contribution < 1.29 is 0 Å². The van der Waals surface area contributed by atoms with Crippen molar-refractivity contribution in [2.24, 2.45) is 0 Å². The largest absolute Gasteiger partial charge is 0.240 e. The molecule has 0 aliphatic rings. The summed E-state index contributed by atoms with van der Waals surface area (Å²) in [6.45, 7) is 5.81. The summed E-state index contributed by atoms with van der Waals surface area (Å²) >= 11 is 1.46. The molecule has 0 aliphatic carbocycles. The zero-order valence-electron chi connectivity index (χ0n) is 8.33. The van der Waals surface area contributed by atoms with E-state index < -0.39 is 0 Å². The van der Waals surface area contributed by atoms with E-state index in [1.165, 1.54) is 11.8 Å². The Morgan fingerprint density at radius 2 is 2.08 bits per heavy atom. The highest BCUT2D eigenvalue weighted by atomic mass is 32.2. The van der Waals surface area contributed by atoms with Crippen LogP contribution in [0.1, 0.15) is 25.2 Å². The fraction of sp³-hybridized carbons (Fsp3) is 0.444. The Balaban J connectivity index is 0.000000671. The van der Waals surface area contributed by atoms with Crippen LogP contribution in [0.5, 0.6) is 0 Å². The van der Waals surface area contributed by atoms with Crippen molar-refractivity contribution in [3.63, 3.8) is 0 Å². The van der Waals surface area contributed by atoms with Crippen LogP contribution in [0.15, 0.2) is 11.2 Å². The summed E-state index contributed by atoms with van der Waals surface area (Å²) in [6, 6.07) is 2.03. The van der Waals surface area contributed by atoms with Gasteiger partial charge in [0.05, 0.1) is 0 Å². The van der Waals surface area contributed by atoms with E-state index in [9.17, 15) is 0 Å². The summed E-state index contributed by atoms with van der Waals surface area (Å²) in [4.78, 5) is 8.00. The average Bonchev–Trinajstić information content (AvgIpc) is 2.20. The number of aromatic nitrogens is 2. The van der Waals surface area contributed by atoms with Crippen molar-refractivity contribution in [2.75, 3.05) is 6.26 Å². The van der Waals surface area contributed by atoms with E-state index in [-0.39, 0.29) is 0 Å². The Morgan fingerprint density at radius 1 is 1.46 bits per heavy atom. The van der Waals surface area contributed by atoms with Crippen molar-refractivity contribution >= 4 is 11.8 Å². The molecular weight excluding hydrogens is 182 g/mol. The number of hydrogen-bond acceptors (Lipinski definition) is 4. The molecule has 0 unspecified atom stereocenters. The van der Waals surface area contributed by atoms with Gasteiger partial charge in [-0.05, 0) is 13.2 Å². The van der Waals surface area contributed by atoms with Gasteiger partial charge in [-0.3, -0.25) is 0 Å². The molecule has 0 spiro atoms. The molecule has 3 nitrogen and oxygen atoms in total. The molecule has 1 heterocycles. The molecule has 0 fully saturated rings. The Hall–Kier alpha value is -1.08. The first-order valence-electron chi connectivity index (χ1n) is 4.05. The van der Waals surface area contributed by atoms with E-state index in [0.29, 0.717) is 11.4 Å². The second kappa shape index (κ2) is 6.44. The molecule has 0 aliphatic heterocycles. The average molecular weight is 195 g/mol. The molecule has 1 aromatic heterocycles. The Morgan fingerprint density at radius 3 is 2.54 bits per heavy atom. The Kier molecular flexibility index (Phi) is 5.90. The molecule has 0 saturated heterocycles. The maximum atomic E-state index is 8.60. The molecule has 13 heavy (non-hydrogen) atoms. The molecule has 4 heteroatoms. The highest BCUT2D eigenvalue weighted by molar-refractivity contribution is 7.98. The van der Waals surface area contributed by atoms with Gasteiger partial charge in [0.2, 0.25) is 0 Å². The van der Waals surface area contributed by atoms with E-state index in [1.54, 1.807) is 13.1 Å². The van der Waals surface area contributed by atoms with Gasteiger partial charge in [-0.25, -0.2) is 9.97 Å². The lowest BCUT2D eigenvalue weighted by Gasteiger charge is -1.97. The number of hydrogen-bond donors (Lipinski definition) is 0. The minimum Gasteiger partial charge on any atom is -0.240 e. The first kappa shape index (κ1) is 11.9. The van der Waals surface area contributed by atoms with E-state index in [2.05, 4.69) is 9.97 Å². The third-order valence-corrected chi connectivity index (χ3v) is 1.89. The predicted octanol–water partition coefficient (Wildman–Crippen LogP) is 2.40. The summed E-state index contributed by atoms with van der Waals surface area (Å²) in [5, 5.41) is 9.35. The van der Waals surface area contributed by atoms with Gasteiger partial charge in [-0.2, -0.15) is 5.26 Å². The standard InChI is InChI=1S/C7H7N3S.C2H6/c1-5-9-4-6(3-8)7(10-5)11-2;1-2/h4H,1-2H3;1-2H3. The van der Waals surface area contributed by atoms with Crippen LogP contribution in [-0.2, 0) is 0 Å². The molecule has 1 rings (SSSR count). The van der Waals surface area contributed by atoms with E-state index in [1.807, 2.05) is 26.2 Å². The Bertz CT molecular complexity index is 304. The molecular formula is C9H13N3S. The molecule has 0 atom stereocenters. The number of nitriles is 1. The van der Waals surface area contributed by atoms with Gasteiger partial charge in [0.15, 0.2) is 0 Å². The normalized spacial score (nSPS) is 8.23. The number of aryl methyl sites for hydroxylation is 1. The second-order valence-electron chi connectivity index (χ2n) is 1.95. The van der Waals surface area contributed by atoms with Gasteiger partial charge >= 0.3 is 0 Å². The highest BCUT2D eigenvalue weighted by Crippen LogP contribution is 2.15. The summed E-state index contributed by atoms with van der Waals surface area (Å²) < 4.78 is 0. The van der Waals surface area contributed by atoms with Crippen LogP contribution in [-0.4, -0.2) is 16.2 Å². The second-order valence-corrected chi connectivity index (χ2v) is 2.75. The van der Waals surface area contributed by atoms with Gasteiger partial charge < -0.3 is 0 Å². The van der Waals surface area contributed by atoms with E-state index in [4.69, 9.17) is 5.26 Å². The quantitative estimate of drug-likeness (QED) is 0.510. The molecule has 0 aromatic carbocycles. The smallest absolute Gasteiger partial charge is 0.126 e. The van der Waals surface area contributed by atoms with Gasteiger partial charge in [0.25, 0.3) is 0 Å². The topological polar surface area (TPSA) is 49.6 Å². The molecule has 0 saturated carbocycles. The van der Waals surface area contributed by atoms with Crippen molar-refractivity contribution in [3.05, 3.63) is 17.6 Å². The van der Waals surface area contributed by atoms with Crippen LogP contribution in [0, 0.1) is 18.3 Å². The lowest BCUT2D eigenvalue weighted by molar-refractivity contribution is 0.957. The first-order chi connectivity index (χ1) is 6.27. The monoisotopic (exact) mass is 195 g/mol. The maximum absolute atomic E-state index is 8.60. The first-order valence-corrected chi connectivity index (χ1v) is 5.28. The van der Waals surface area contributed by atoms with Crippen molar-refractivity contribution in [2.45, 2.75) is 25.8 Å². The highest BCUT2D eigenvalue weighted by Gasteiger charge is 2.01.